The minimum atomic E-state index is -1.15. The lowest BCUT2D eigenvalue weighted by atomic mass is 10.0. The average molecular weight is 569 g/mol. The van der Waals surface area contributed by atoms with Gasteiger partial charge in [-0.3, -0.25) is 9.59 Å². The molecule has 0 aliphatic carbocycles. The van der Waals surface area contributed by atoms with Crippen LogP contribution in [-0.2, 0) is 26.6 Å². The molecule has 0 saturated heterocycles. The molecule has 0 saturated carbocycles. The maximum Gasteiger partial charge on any atom is 0.340 e. The number of thioether (sulfide) groups is 1. The van der Waals surface area contributed by atoms with E-state index >= 15 is 0 Å². The normalized spacial score (nSPS) is 12.5. The molecule has 0 bridgehead atoms. The highest BCUT2D eigenvalue weighted by Gasteiger charge is 2.27. The first kappa shape index (κ1) is 30.7. The number of fused-ring (bicyclic) bond motifs is 1. The second-order valence-electron chi connectivity index (χ2n) is 9.60. The summed E-state index contributed by atoms with van der Waals surface area (Å²) in [7, 11) is 1.53. The summed E-state index contributed by atoms with van der Waals surface area (Å²) >= 11 is 1.40. The summed E-state index contributed by atoms with van der Waals surface area (Å²) < 4.78 is 10.9. The summed E-state index contributed by atoms with van der Waals surface area (Å²) in [4.78, 5) is 50.8. The maximum absolute atomic E-state index is 13.1. The first-order valence-electron chi connectivity index (χ1n) is 13.2. The number of carboxylic acids is 1. The van der Waals surface area contributed by atoms with Crippen LogP contribution in [0, 0.1) is 13.8 Å². The number of benzene rings is 2. The van der Waals surface area contributed by atoms with Crippen LogP contribution < -0.4 is 21.0 Å². The van der Waals surface area contributed by atoms with Gasteiger partial charge in [0.2, 0.25) is 11.8 Å². The Hall–Kier alpha value is -3.79. The topological polar surface area (TPSA) is 135 Å². The molecule has 3 rings (SSSR count). The molecule has 214 valence electrons. The summed E-state index contributed by atoms with van der Waals surface area (Å²) in [5, 5.41) is 15.7. The minimum Gasteiger partial charge on any atom is -0.496 e. The van der Waals surface area contributed by atoms with Crippen molar-refractivity contribution < 1.29 is 28.6 Å². The number of aliphatic carboxylic acids is 1. The lowest BCUT2D eigenvalue weighted by Gasteiger charge is -2.21. The summed E-state index contributed by atoms with van der Waals surface area (Å²) in [6, 6.07) is 11.1. The van der Waals surface area contributed by atoms with Gasteiger partial charge in [0.05, 0.1) is 19.1 Å². The van der Waals surface area contributed by atoms with E-state index in [9.17, 15) is 24.3 Å². The monoisotopic (exact) mass is 568 g/mol. The smallest absolute Gasteiger partial charge is 0.340 e. The fraction of sp³-hybridized carbons (Fsp3) is 0.400. The van der Waals surface area contributed by atoms with Crippen LogP contribution in [0.2, 0.25) is 0 Å². The Labute approximate surface area is 237 Å². The number of carbonyl (C=O) groups excluding carboxylic acids is 2. The van der Waals surface area contributed by atoms with Gasteiger partial charge in [0.15, 0.2) is 0 Å². The quantitative estimate of drug-likeness (QED) is 0.247. The third kappa shape index (κ3) is 7.88. The van der Waals surface area contributed by atoms with E-state index in [1.165, 1.54) is 18.9 Å². The number of unbranched alkanes of at least 4 members (excludes halogenated alkanes) is 1. The first-order valence-corrected chi connectivity index (χ1v) is 14.4. The van der Waals surface area contributed by atoms with Crippen molar-refractivity contribution >= 4 is 40.5 Å². The van der Waals surface area contributed by atoms with Crippen LogP contribution in [0.4, 0.5) is 0 Å². The Morgan fingerprint density at radius 1 is 1.02 bits per heavy atom. The van der Waals surface area contributed by atoms with Crippen molar-refractivity contribution in [3.63, 3.8) is 0 Å². The Morgan fingerprint density at radius 3 is 2.40 bits per heavy atom. The van der Waals surface area contributed by atoms with Crippen LogP contribution >= 0.6 is 11.8 Å². The lowest BCUT2D eigenvalue weighted by molar-refractivity contribution is -0.141. The highest BCUT2D eigenvalue weighted by Crippen LogP contribution is 2.29. The van der Waals surface area contributed by atoms with E-state index in [-0.39, 0.29) is 17.7 Å². The summed E-state index contributed by atoms with van der Waals surface area (Å²) in [5.74, 6) is -0.877. The van der Waals surface area contributed by atoms with Crippen molar-refractivity contribution in [2.75, 3.05) is 12.9 Å². The van der Waals surface area contributed by atoms with Gasteiger partial charge >= 0.3 is 11.6 Å². The lowest BCUT2D eigenvalue weighted by Crippen LogP contribution is -2.52. The van der Waals surface area contributed by atoms with Crippen molar-refractivity contribution in [3.8, 4) is 5.75 Å². The van der Waals surface area contributed by atoms with Gasteiger partial charge in [0.25, 0.3) is 0 Å². The third-order valence-corrected chi connectivity index (χ3v) is 7.83. The summed E-state index contributed by atoms with van der Waals surface area (Å²) in [6.07, 6.45) is 1.49. The summed E-state index contributed by atoms with van der Waals surface area (Å²) in [6.45, 7) is 5.49. The van der Waals surface area contributed by atoms with E-state index in [2.05, 4.69) is 10.6 Å². The van der Waals surface area contributed by atoms with Crippen molar-refractivity contribution in [2.24, 2.45) is 0 Å². The molecular weight excluding hydrogens is 532 g/mol. The van der Waals surface area contributed by atoms with E-state index < -0.39 is 35.5 Å². The molecule has 1 aromatic heterocycles. The van der Waals surface area contributed by atoms with E-state index in [1.807, 2.05) is 37.3 Å². The number of carbonyl (C=O) groups is 3. The predicted octanol–water partition coefficient (Wildman–Crippen LogP) is 4.14. The Morgan fingerprint density at radius 2 is 1.75 bits per heavy atom. The number of hydrogen-bond acceptors (Lipinski definition) is 7. The molecule has 9 nitrogen and oxygen atoms in total. The highest BCUT2D eigenvalue weighted by atomic mass is 32.2. The van der Waals surface area contributed by atoms with Gasteiger partial charge in [0.1, 0.15) is 23.4 Å². The van der Waals surface area contributed by atoms with Gasteiger partial charge in [-0.05, 0) is 43.5 Å². The largest absolute Gasteiger partial charge is 0.496 e. The number of ether oxygens (including phenoxy) is 1. The number of carboxylic acid groups (broad SMARTS) is 1. The van der Waals surface area contributed by atoms with Crippen molar-refractivity contribution in [2.45, 2.75) is 64.3 Å². The van der Waals surface area contributed by atoms with Gasteiger partial charge in [-0.2, -0.15) is 11.8 Å². The fourth-order valence-corrected chi connectivity index (χ4v) is 5.40. The van der Waals surface area contributed by atoms with E-state index in [0.717, 1.165) is 12.0 Å². The zero-order valence-electron chi connectivity index (χ0n) is 23.2. The van der Waals surface area contributed by atoms with Gasteiger partial charge < -0.3 is 24.9 Å². The number of aryl methyl sites for hydroxylation is 2. The SMILES string of the molecule is CCCCC(NC(=O)Cc1c(C)c2ccc(OC)c(C)c2oc1=O)C(=O)N[C@@H](CSCc1ccccc1)C(=O)O. The van der Waals surface area contributed by atoms with Crippen LogP contribution in [0.1, 0.15) is 48.4 Å². The molecule has 3 aromatic rings. The molecule has 2 aromatic carbocycles. The number of nitrogens with one attached hydrogen (secondary N) is 2. The zero-order chi connectivity index (χ0) is 29.2. The van der Waals surface area contributed by atoms with Gasteiger partial charge in [-0.15, -0.1) is 0 Å². The van der Waals surface area contributed by atoms with Crippen LogP contribution in [0.25, 0.3) is 11.0 Å². The van der Waals surface area contributed by atoms with Gasteiger partial charge in [0, 0.05) is 22.5 Å². The molecule has 3 N–H and O–H groups in total. The number of hydrogen-bond donors (Lipinski definition) is 3. The van der Waals surface area contributed by atoms with Gasteiger partial charge in [-0.25, -0.2) is 9.59 Å². The Kier molecular flexibility index (Phi) is 11.2. The van der Waals surface area contributed by atoms with Crippen molar-refractivity contribution in [1.29, 1.82) is 0 Å². The third-order valence-electron chi connectivity index (χ3n) is 6.72. The Bertz CT molecular complexity index is 1400. The van der Waals surface area contributed by atoms with Crippen molar-refractivity contribution in [1.82, 2.24) is 10.6 Å². The molecule has 10 heteroatoms. The maximum atomic E-state index is 13.1. The molecule has 0 aliphatic rings. The fourth-order valence-electron chi connectivity index (χ4n) is 4.40. The molecule has 0 spiro atoms. The molecule has 1 unspecified atom stereocenters. The van der Waals surface area contributed by atoms with Crippen LogP contribution in [0.5, 0.6) is 5.75 Å². The number of amides is 2. The molecule has 1 heterocycles. The van der Waals surface area contributed by atoms with Crippen molar-refractivity contribution in [3.05, 3.63) is 75.1 Å². The van der Waals surface area contributed by atoms with Crippen LogP contribution in [0.15, 0.2) is 51.7 Å². The van der Waals surface area contributed by atoms with E-state index in [1.54, 1.807) is 26.0 Å². The standard InChI is InChI=1S/C30H36N2O7S/c1-5-6-12-23(28(34)32-24(29(35)36)17-40-16-20-10-8-7-9-11-20)31-26(33)15-22-18(2)21-13-14-25(38-4)19(3)27(21)39-30(22)37/h7-11,13-14,23-24H,5-6,12,15-17H2,1-4H3,(H,31,33)(H,32,34)(H,35,36)/t23?,24-/m0/s1. The second-order valence-corrected chi connectivity index (χ2v) is 10.6. The molecule has 0 radical (unpaired) electrons. The number of methoxy groups -OCH3 is 1. The van der Waals surface area contributed by atoms with E-state index in [0.29, 0.717) is 46.4 Å². The highest BCUT2D eigenvalue weighted by molar-refractivity contribution is 7.98. The van der Waals surface area contributed by atoms with Crippen LogP contribution in [-0.4, -0.2) is 47.8 Å². The van der Waals surface area contributed by atoms with Gasteiger partial charge in [-0.1, -0.05) is 50.1 Å². The predicted molar refractivity (Wildman–Crippen MR) is 156 cm³/mol. The molecule has 2 atom stereocenters. The minimum absolute atomic E-state index is 0.173. The zero-order valence-corrected chi connectivity index (χ0v) is 24.1. The number of rotatable bonds is 14. The first-order chi connectivity index (χ1) is 19.2. The average Bonchev–Trinajstić information content (AvgIpc) is 2.93. The van der Waals surface area contributed by atoms with Crippen LogP contribution in [0.3, 0.4) is 0 Å². The summed E-state index contributed by atoms with van der Waals surface area (Å²) in [5.41, 5.74) is 2.32. The molecular formula is C30H36N2O7S. The Balaban J connectivity index is 1.70. The molecule has 2 amide bonds. The second kappa shape index (κ2) is 14.6. The molecule has 0 fully saturated rings. The molecule has 0 aliphatic heterocycles. The van der Waals surface area contributed by atoms with E-state index in [4.69, 9.17) is 9.15 Å². The molecule has 40 heavy (non-hydrogen) atoms.